The summed E-state index contributed by atoms with van der Waals surface area (Å²) in [5.41, 5.74) is -0.358. The molecular weight excluding hydrogens is 378 g/mol. The first-order valence-corrected chi connectivity index (χ1v) is 8.23. The van der Waals surface area contributed by atoms with Gasteiger partial charge < -0.3 is 14.8 Å². The summed E-state index contributed by atoms with van der Waals surface area (Å²) in [7, 11) is 0. The van der Waals surface area contributed by atoms with Crippen molar-refractivity contribution < 1.29 is 31.9 Å². The van der Waals surface area contributed by atoms with Crippen molar-refractivity contribution in [3.63, 3.8) is 0 Å². The van der Waals surface area contributed by atoms with Gasteiger partial charge in [0.25, 0.3) is 5.91 Å². The fourth-order valence-electron chi connectivity index (χ4n) is 2.57. The molecule has 2 aromatic carbocycles. The number of carbonyl (C=O) groups excluding carboxylic acids is 1. The summed E-state index contributed by atoms with van der Waals surface area (Å²) in [6.45, 7) is -0.193. The number of rotatable bonds is 5. The number of benzene rings is 2. The van der Waals surface area contributed by atoms with Gasteiger partial charge in [-0.2, -0.15) is 13.2 Å². The van der Waals surface area contributed by atoms with Gasteiger partial charge in [-0.3, -0.25) is 4.79 Å². The molecule has 28 heavy (non-hydrogen) atoms. The lowest BCUT2D eigenvalue weighted by atomic mass is 10.1. The molecule has 0 radical (unpaired) electrons. The largest absolute Gasteiger partial charge is 0.451 e. The van der Waals surface area contributed by atoms with E-state index in [9.17, 15) is 27.5 Å². The molecule has 0 fully saturated rings. The summed E-state index contributed by atoms with van der Waals surface area (Å²) < 4.78 is 57.0. The number of hydrogen-bond acceptors (Lipinski definition) is 3. The molecule has 0 aliphatic heterocycles. The summed E-state index contributed by atoms with van der Waals surface area (Å²) in [4.78, 5) is 12.1. The Kier molecular flexibility index (Phi) is 5.51. The van der Waals surface area contributed by atoms with Crippen LogP contribution in [0.2, 0.25) is 0 Å². The van der Waals surface area contributed by atoms with E-state index >= 15 is 0 Å². The fraction of sp³-hybridized carbons (Fsp3) is 0.150. The number of amides is 1. The van der Waals surface area contributed by atoms with Crippen LogP contribution in [0.3, 0.4) is 0 Å². The Balaban J connectivity index is 1.67. The van der Waals surface area contributed by atoms with Crippen molar-refractivity contribution in [2.24, 2.45) is 0 Å². The molecular formula is C20H15F4NO3. The molecule has 1 aromatic heterocycles. The second-order valence-electron chi connectivity index (χ2n) is 6.02. The van der Waals surface area contributed by atoms with Gasteiger partial charge >= 0.3 is 6.18 Å². The molecule has 8 heteroatoms. The number of alkyl halides is 3. The molecule has 2 N–H and O–H groups in total. The smallest absolute Gasteiger partial charge is 0.416 e. The topological polar surface area (TPSA) is 62.5 Å². The van der Waals surface area contributed by atoms with Crippen LogP contribution in [0, 0.1) is 5.82 Å². The summed E-state index contributed by atoms with van der Waals surface area (Å²) in [5, 5.41) is 12.4. The predicted molar refractivity (Wildman–Crippen MR) is 92.8 cm³/mol. The number of carbonyl (C=O) groups is 1. The first-order valence-electron chi connectivity index (χ1n) is 8.23. The molecule has 1 amide bonds. The molecule has 0 aliphatic rings. The number of aliphatic hydroxyl groups excluding tert-OH is 1. The van der Waals surface area contributed by atoms with E-state index < -0.39 is 29.6 Å². The van der Waals surface area contributed by atoms with Crippen molar-refractivity contribution >= 4 is 5.91 Å². The third-order valence-electron chi connectivity index (χ3n) is 3.99. The Morgan fingerprint density at radius 2 is 1.82 bits per heavy atom. The lowest BCUT2D eigenvalue weighted by molar-refractivity contribution is -0.137. The zero-order valence-electron chi connectivity index (χ0n) is 14.3. The minimum Gasteiger partial charge on any atom is -0.451 e. The average molecular weight is 393 g/mol. The van der Waals surface area contributed by atoms with Gasteiger partial charge in [-0.05, 0) is 42.0 Å². The Hall–Kier alpha value is -3.13. The van der Waals surface area contributed by atoms with Crippen molar-refractivity contribution in [3.8, 4) is 11.3 Å². The Labute approximate surface area is 157 Å². The number of furan rings is 1. The van der Waals surface area contributed by atoms with E-state index in [2.05, 4.69) is 5.32 Å². The van der Waals surface area contributed by atoms with Crippen LogP contribution < -0.4 is 5.32 Å². The fourth-order valence-corrected chi connectivity index (χ4v) is 2.57. The van der Waals surface area contributed by atoms with Crippen molar-refractivity contribution in [3.05, 3.63) is 83.4 Å². The minimum absolute atomic E-state index is 0.0990. The molecule has 0 saturated heterocycles. The van der Waals surface area contributed by atoms with Gasteiger partial charge in [0, 0.05) is 12.1 Å². The third-order valence-corrected chi connectivity index (χ3v) is 3.99. The zero-order chi connectivity index (χ0) is 20.3. The van der Waals surface area contributed by atoms with Crippen LogP contribution in [-0.2, 0) is 6.18 Å². The molecule has 0 saturated carbocycles. The van der Waals surface area contributed by atoms with E-state index in [1.54, 1.807) is 0 Å². The second kappa shape index (κ2) is 7.85. The monoisotopic (exact) mass is 393 g/mol. The summed E-state index contributed by atoms with van der Waals surface area (Å²) >= 11 is 0. The molecule has 1 unspecified atom stereocenters. The third kappa shape index (κ3) is 4.58. The van der Waals surface area contributed by atoms with Crippen molar-refractivity contribution in [1.82, 2.24) is 5.32 Å². The van der Waals surface area contributed by atoms with Crippen LogP contribution in [0.5, 0.6) is 0 Å². The highest BCUT2D eigenvalue weighted by atomic mass is 19.4. The maximum Gasteiger partial charge on any atom is 0.416 e. The number of aliphatic hydroxyl groups is 1. The molecule has 0 bridgehead atoms. The Bertz CT molecular complexity index is 981. The summed E-state index contributed by atoms with van der Waals surface area (Å²) in [6.07, 6.45) is -5.62. The van der Waals surface area contributed by atoms with E-state index in [0.717, 1.165) is 18.2 Å². The first-order chi connectivity index (χ1) is 13.2. The number of halogens is 4. The summed E-state index contributed by atoms with van der Waals surface area (Å²) in [5.74, 6) is -1.20. The van der Waals surface area contributed by atoms with Gasteiger partial charge in [-0.25, -0.2) is 4.39 Å². The van der Waals surface area contributed by atoms with Gasteiger partial charge in [0.15, 0.2) is 5.76 Å². The molecule has 1 heterocycles. The van der Waals surface area contributed by atoms with E-state index in [1.165, 1.54) is 42.5 Å². The highest BCUT2D eigenvalue weighted by Gasteiger charge is 2.30. The van der Waals surface area contributed by atoms with E-state index in [1.807, 2.05) is 0 Å². The molecule has 3 rings (SSSR count). The van der Waals surface area contributed by atoms with Crippen molar-refractivity contribution in [2.45, 2.75) is 12.3 Å². The van der Waals surface area contributed by atoms with E-state index in [4.69, 9.17) is 4.42 Å². The Morgan fingerprint density at radius 3 is 2.54 bits per heavy atom. The molecule has 0 aliphatic carbocycles. The summed E-state index contributed by atoms with van der Waals surface area (Å²) in [6, 6.07) is 12.6. The highest BCUT2D eigenvalue weighted by Crippen LogP contribution is 2.32. The van der Waals surface area contributed by atoms with Gasteiger partial charge in [0.05, 0.1) is 11.7 Å². The van der Waals surface area contributed by atoms with Crippen LogP contribution in [0.4, 0.5) is 17.6 Å². The molecule has 3 aromatic rings. The van der Waals surface area contributed by atoms with Crippen LogP contribution in [0.15, 0.2) is 65.1 Å². The van der Waals surface area contributed by atoms with Crippen LogP contribution in [-0.4, -0.2) is 17.6 Å². The molecule has 4 nitrogen and oxygen atoms in total. The molecule has 0 spiro atoms. The van der Waals surface area contributed by atoms with Crippen LogP contribution in [0.25, 0.3) is 11.3 Å². The number of hydrogen-bond donors (Lipinski definition) is 2. The zero-order valence-corrected chi connectivity index (χ0v) is 14.3. The lowest BCUT2D eigenvalue weighted by Gasteiger charge is -2.11. The first kappa shape index (κ1) is 19.6. The van der Waals surface area contributed by atoms with Gasteiger partial charge in [0.1, 0.15) is 11.6 Å². The van der Waals surface area contributed by atoms with Gasteiger partial charge in [0.2, 0.25) is 0 Å². The average Bonchev–Trinajstić information content (AvgIpc) is 3.15. The molecule has 146 valence electrons. The van der Waals surface area contributed by atoms with Crippen molar-refractivity contribution in [1.29, 1.82) is 0 Å². The predicted octanol–water partition coefficient (Wildman–Crippen LogP) is 4.57. The normalized spacial score (nSPS) is 12.6. The van der Waals surface area contributed by atoms with Crippen LogP contribution in [0.1, 0.15) is 27.8 Å². The van der Waals surface area contributed by atoms with E-state index in [-0.39, 0.29) is 23.6 Å². The maximum atomic E-state index is 13.2. The maximum absolute atomic E-state index is 13.2. The quantitative estimate of drug-likeness (QED) is 0.625. The highest BCUT2D eigenvalue weighted by molar-refractivity contribution is 5.92. The van der Waals surface area contributed by atoms with Gasteiger partial charge in [-0.15, -0.1) is 0 Å². The molecule has 1 atom stereocenters. The second-order valence-corrected chi connectivity index (χ2v) is 6.02. The van der Waals surface area contributed by atoms with E-state index in [0.29, 0.717) is 5.56 Å². The van der Waals surface area contributed by atoms with Gasteiger partial charge in [-0.1, -0.05) is 24.3 Å². The standard InChI is InChI=1S/C20H15F4NO3/c21-15-6-2-3-12(10-15)16(26)11-25-19(27)18-8-7-17(28-18)13-4-1-5-14(9-13)20(22,23)24/h1-10,16,26H,11H2,(H,25,27). The number of nitrogens with one attached hydrogen (secondary N) is 1. The SMILES string of the molecule is O=C(NCC(O)c1cccc(F)c1)c1ccc(-c2cccc(C(F)(F)F)c2)o1. The lowest BCUT2D eigenvalue weighted by Crippen LogP contribution is -2.28. The minimum atomic E-state index is -4.49. The Morgan fingerprint density at radius 1 is 1.07 bits per heavy atom. The van der Waals surface area contributed by atoms with Crippen LogP contribution >= 0.6 is 0 Å². The van der Waals surface area contributed by atoms with Crippen molar-refractivity contribution in [2.75, 3.05) is 6.54 Å².